The van der Waals surface area contributed by atoms with Gasteiger partial charge in [0.25, 0.3) is 0 Å². The van der Waals surface area contributed by atoms with Crippen LogP contribution in [0.2, 0.25) is 0 Å². The number of hydrogen-bond donors (Lipinski definition) is 1. The van der Waals surface area contributed by atoms with E-state index in [1.807, 2.05) is 31.2 Å². The van der Waals surface area contributed by atoms with E-state index in [-0.39, 0.29) is 5.82 Å². The van der Waals surface area contributed by atoms with E-state index in [0.717, 1.165) is 20.3 Å². The van der Waals surface area contributed by atoms with Crippen LogP contribution in [0.1, 0.15) is 22.8 Å². The van der Waals surface area contributed by atoms with E-state index in [9.17, 15) is 9.50 Å². The molecule has 2 aromatic carbocycles. The summed E-state index contributed by atoms with van der Waals surface area (Å²) in [7, 11) is 0. The van der Waals surface area contributed by atoms with Crippen molar-refractivity contribution < 1.29 is 9.50 Å². The Morgan fingerprint density at radius 2 is 2.00 bits per heavy atom. The number of rotatable bonds is 3. The first-order chi connectivity index (χ1) is 8.56. The molecule has 0 aromatic heterocycles. The van der Waals surface area contributed by atoms with Gasteiger partial charge in [0.05, 0.1) is 6.10 Å². The number of aliphatic hydroxyl groups excluding tert-OH is 1. The van der Waals surface area contributed by atoms with E-state index in [0.29, 0.717) is 6.42 Å². The van der Waals surface area contributed by atoms with Crippen LogP contribution < -0.4 is 0 Å². The average Bonchev–Trinajstić information content (AvgIpc) is 2.32. The standard InChI is InChI=1S/C15H14FIO/c1-10-7-13(16)6-5-11(10)9-15(18)12-3-2-4-14(17)8-12/h2-8,15,18H,9H2,1H3. The molecule has 0 fully saturated rings. The van der Waals surface area contributed by atoms with Gasteiger partial charge in [-0.3, -0.25) is 0 Å². The van der Waals surface area contributed by atoms with Crippen LogP contribution in [0, 0.1) is 16.3 Å². The van der Waals surface area contributed by atoms with Gasteiger partial charge in [0.2, 0.25) is 0 Å². The number of aliphatic hydroxyl groups is 1. The molecule has 0 aliphatic rings. The van der Waals surface area contributed by atoms with Crippen molar-refractivity contribution in [2.45, 2.75) is 19.4 Å². The van der Waals surface area contributed by atoms with Gasteiger partial charge in [-0.15, -0.1) is 0 Å². The van der Waals surface area contributed by atoms with Crippen molar-refractivity contribution in [1.82, 2.24) is 0 Å². The highest BCUT2D eigenvalue weighted by atomic mass is 127. The first-order valence-corrected chi connectivity index (χ1v) is 6.82. The Balaban J connectivity index is 2.18. The molecule has 2 rings (SSSR count). The predicted octanol–water partition coefficient (Wildman–Crippen LogP) is 4.01. The fraction of sp³-hybridized carbons (Fsp3) is 0.200. The van der Waals surface area contributed by atoms with E-state index >= 15 is 0 Å². The summed E-state index contributed by atoms with van der Waals surface area (Å²) in [5.41, 5.74) is 2.74. The Morgan fingerprint density at radius 3 is 2.67 bits per heavy atom. The molecule has 0 amide bonds. The molecule has 18 heavy (non-hydrogen) atoms. The first-order valence-electron chi connectivity index (χ1n) is 5.75. The zero-order valence-electron chi connectivity index (χ0n) is 10.0. The minimum absolute atomic E-state index is 0.236. The molecule has 1 unspecified atom stereocenters. The van der Waals surface area contributed by atoms with E-state index in [1.165, 1.54) is 12.1 Å². The lowest BCUT2D eigenvalue weighted by molar-refractivity contribution is 0.178. The molecule has 0 aliphatic carbocycles. The van der Waals surface area contributed by atoms with E-state index in [4.69, 9.17) is 0 Å². The first kappa shape index (κ1) is 13.5. The maximum Gasteiger partial charge on any atom is 0.123 e. The van der Waals surface area contributed by atoms with Gasteiger partial charge in [0.15, 0.2) is 0 Å². The average molecular weight is 356 g/mol. The summed E-state index contributed by atoms with van der Waals surface area (Å²) in [6.45, 7) is 1.86. The molecule has 1 N–H and O–H groups in total. The number of hydrogen-bond acceptors (Lipinski definition) is 1. The molecule has 2 aromatic rings. The van der Waals surface area contributed by atoms with Gasteiger partial charge in [-0.1, -0.05) is 18.2 Å². The smallest absolute Gasteiger partial charge is 0.123 e. The number of aryl methyl sites for hydroxylation is 1. The Labute approximate surface area is 120 Å². The van der Waals surface area contributed by atoms with Gasteiger partial charge in [0.1, 0.15) is 5.82 Å². The summed E-state index contributed by atoms with van der Waals surface area (Å²) in [5.74, 6) is -0.236. The summed E-state index contributed by atoms with van der Waals surface area (Å²) >= 11 is 2.22. The minimum atomic E-state index is -0.552. The summed E-state index contributed by atoms with van der Waals surface area (Å²) in [6, 6.07) is 12.5. The summed E-state index contributed by atoms with van der Waals surface area (Å²) in [4.78, 5) is 0. The molecular formula is C15H14FIO. The summed E-state index contributed by atoms with van der Waals surface area (Å²) in [6.07, 6.45) is -0.0458. The Kier molecular flexibility index (Phi) is 4.35. The quantitative estimate of drug-likeness (QED) is 0.824. The third kappa shape index (κ3) is 3.29. The zero-order chi connectivity index (χ0) is 13.1. The fourth-order valence-electron chi connectivity index (χ4n) is 1.93. The van der Waals surface area contributed by atoms with Crippen LogP contribution in [0.4, 0.5) is 4.39 Å². The third-order valence-electron chi connectivity index (χ3n) is 2.95. The van der Waals surface area contributed by atoms with Gasteiger partial charge >= 0.3 is 0 Å². The monoisotopic (exact) mass is 356 g/mol. The van der Waals surface area contributed by atoms with E-state index in [1.54, 1.807) is 6.07 Å². The molecule has 0 saturated carbocycles. The minimum Gasteiger partial charge on any atom is -0.388 e. The highest BCUT2D eigenvalue weighted by Crippen LogP contribution is 2.22. The Morgan fingerprint density at radius 1 is 1.22 bits per heavy atom. The molecule has 0 saturated heterocycles. The molecule has 1 atom stereocenters. The lowest BCUT2D eigenvalue weighted by atomic mass is 9.98. The Bertz CT molecular complexity index is 554. The van der Waals surface area contributed by atoms with Gasteiger partial charge < -0.3 is 5.11 Å². The fourth-order valence-corrected chi connectivity index (χ4v) is 2.50. The van der Waals surface area contributed by atoms with Crippen LogP contribution in [-0.2, 0) is 6.42 Å². The third-order valence-corrected chi connectivity index (χ3v) is 3.62. The molecule has 1 nitrogen and oxygen atoms in total. The number of benzene rings is 2. The van der Waals surface area contributed by atoms with Gasteiger partial charge in [0, 0.05) is 9.99 Å². The second-order valence-corrected chi connectivity index (χ2v) is 5.59. The number of halogens is 2. The van der Waals surface area contributed by atoms with E-state index < -0.39 is 6.10 Å². The van der Waals surface area contributed by atoms with Crippen molar-refractivity contribution in [1.29, 1.82) is 0 Å². The maximum atomic E-state index is 13.0. The molecule has 0 bridgehead atoms. The maximum absolute atomic E-state index is 13.0. The topological polar surface area (TPSA) is 20.2 Å². The van der Waals surface area contributed by atoms with Crippen molar-refractivity contribution >= 4 is 22.6 Å². The van der Waals surface area contributed by atoms with Crippen molar-refractivity contribution in [3.63, 3.8) is 0 Å². The lowest BCUT2D eigenvalue weighted by Crippen LogP contribution is -2.03. The summed E-state index contributed by atoms with van der Waals surface area (Å²) < 4.78 is 14.1. The van der Waals surface area contributed by atoms with Crippen LogP contribution in [0.5, 0.6) is 0 Å². The second-order valence-electron chi connectivity index (χ2n) is 4.35. The largest absolute Gasteiger partial charge is 0.388 e. The highest BCUT2D eigenvalue weighted by molar-refractivity contribution is 14.1. The van der Waals surface area contributed by atoms with Crippen molar-refractivity contribution in [3.8, 4) is 0 Å². The highest BCUT2D eigenvalue weighted by Gasteiger charge is 2.10. The van der Waals surface area contributed by atoms with Crippen LogP contribution in [-0.4, -0.2) is 5.11 Å². The van der Waals surface area contributed by atoms with Crippen LogP contribution in [0.25, 0.3) is 0 Å². The summed E-state index contributed by atoms with van der Waals surface area (Å²) in [5, 5.41) is 10.2. The second kappa shape index (κ2) is 5.80. The normalized spacial score (nSPS) is 12.4. The van der Waals surface area contributed by atoms with Gasteiger partial charge in [-0.05, 0) is 70.5 Å². The molecule has 0 heterocycles. The predicted molar refractivity (Wildman–Crippen MR) is 79.0 cm³/mol. The van der Waals surface area contributed by atoms with Crippen molar-refractivity contribution in [2.75, 3.05) is 0 Å². The SMILES string of the molecule is Cc1cc(F)ccc1CC(O)c1cccc(I)c1. The molecule has 94 valence electrons. The molecule has 0 spiro atoms. The molecule has 0 aliphatic heterocycles. The van der Waals surface area contributed by atoms with Crippen molar-refractivity contribution in [3.05, 3.63) is 68.5 Å². The van der Waals surface area contributed by atoms with Gasteiger partial charge in [-0.2, -0.15) is 0 Å². The zero-order valence-corrected chi connectivity index (χ0v) is 12.2. The van der Waals surface area contributed by atoms with Crippen LogP contribution in [0.3, 0.4) is 0 Å². The van der Waals surface area contributed by atoms with Crippen LogP contribution >= 0.6 is 22.6 Å². The van der Waals surface area contributed by atoms with Crippen LogP contribution in [0.15, 0.2) is 42.5 Å². The molecular weight excluding hydrogens is 342 g/mol. The van der Waals surface area contributed by atoms with E-state index in [2.05, 4.69) is 22.6 Å². The van der Waals surface area contributed by atoms with Gasteiger partial charge in [-0.25, -0.2) is 4.39 Å². The molecule has 3 heteroatoms. The lowest BCUT2D eigenvalue weighted by Gasteiger charge is -2.13. The Hall–Kier alpha value is -0.940. The molecule has 0 radical (unpaired) electrons. The van der Waals surface area contributed by atoms with Crippen molar-refractivity contribution in [2.24, 2.45) is 0 Å².